The third kappa shape index (κ3) is 4.65. The molecule has 0 amide bonds. The topological polar surface area (TPSA) is 32.3 Å². The normalized spacial score (nSPS) is 10.6. The Morgan fingerprint density at radius 2 is 2.13 bits per heavy atom. The lowest BCUT2D eigenvalue weighted by Gasteiger charge is -2.06. The van der Waals surface area contributed by atoms with Gasteiger partial charge in [-0.25, -0.2) is 0 Å². The molecule has 0 bridgehead atoms. The molecule has 0 saturated carbocycles. The number of nitrogens with one attached hydrogen (secondary N) is 1. The molecule has 0 heterocycles. The maximum Gasteiger partial charge on any atom is 0.0453 e. The summed E-state index contributed by atoms with van der Waals surface area (Å²) in [4.78, 5) is 0. The molecular weight excluding hydrogens is 210 g/mol. The van der Waals surface area contributed by atoms with Crippen molar-refractivity contribution in [3.8, 4) is 0 Å². The van der Waals surface area contributed by atoms with Gasteiger partial charge in [0.15, 0.2) is 0 Å². The van der Waals surface area contributed by atoms with E-state index in [0.29, 0.717) is 0 Å². The predicted molar refractivity (Wildman–Crippen MR) is 64.2 cm³/mol. The molecule has 84 valence electrons. The van der Waals surface area contributed by atoms with Gasteiger partial charge in [0.05, 0.1) is 0 Å². The van der Waals surface area contributed by atoms with E-state index in [0.717, 1.165) is 36.5 Å². The van der Waals surface area contributed by atoms with Crippen molar-refractivity contribution in [2.75, 3.05) is 13.2 Å². The van der Waals surface area contributed by atoms with Crippen LogP contribution in [-0.2, 0) is 6.54 Å². The van der Waals surface area contributed by atoms with Gasteiger partial charge in [-0.05, 0) is 43.5 Å². The van der Waals surface area contributed by atoms with Crippen LogP contribution in [0.5, 0.6) is 0 Å². The minimum absolute atomic E-state index is 0.271. The van der Waals surface area contributed by atoms with E-state index in [-0.39, 0.29) is 6.61 Å². The lowest BCUT2D eigenvalue weighted by molar-refractivity contribution is 0.283. The summed E-state index contributed by atoms with van der Waals surface area (Å²) in [5.41, 5.74) is 2.32. The first-order valence-electron chi connectivity index (χ1n) is 5.30. The second-order valence-electron chi connectivity index (χ2n) is 3.70. The molecule has 1 rings (SSSR count). The number of aliphatic hydroxyl groups excluding tert-OH is 1. The van der Waals surface area contributed by atoms with E-state index in [9.17, 15) is 0 Å². The number of hydrogen-bond donors (Lipinski definition) is 2. The largest absolute Gasteiger partial charge is 0.396 e. The number of benzene rings is 1. The third-order valence-electron chi connectivity index (χ3n) is 2.29. The molecule has 2 nitrogen and oxygen atoms in total. The summed E-state index contributed by atoms with van der Waals surface area (Å²) < 4.78 is 0. The Balaban J connectivity index is 2.31. The zero-order valence-corrected chi connectivity index (χ0v) is 9.85. The van der Waals surface area contributed by atoms with Crippen molar-refractivity contribution in [2.45, 2.75) is 26.3 Å². The standard InChI is InChI=1S/C12H18ClNO/c1-10-4-5-11(12(13)8-10)9-14-6-2-3-7-15/h4-5,8,14-15H,2-3,6-7,9H2,1H3. The highest BCUT2D eigenvalue weighted by Gasteiger charge is 1.99. The van der Waals surface area contributed by atoms with Gasteiger partial charge in [0.25, 0.3) is 0 Å². The quantitative estimate of drug-likeness (QED) is 0.732. The van der Waals surface area contributed by atoms with Gasteiger partial charge in [-0.3, -0.25) is 0 Å². The van der Waals surface area contributed by atoms with E-state index in [1.165, 1.54) is 5.56 Å². The summed E-state index contributed by atoms with van der Waals surface area (Å²) in [6.45, 7) is 4.02. The van der Waals surface area contributed by atoms with Crippen LogP contribution in [0.25, 0.3) is 0 Å². The van der Waals surface area contributed by atoms with Crippen molar-refractivity contribution in [1.29, 1.82) is 0 Å². The molecule has 1 aromatic rings. The molecule has 0 saturated heterocycles. The second kappa shape index (κ2) is 6.83. The predicted octanol–water partition coefficient (Wildman–Crippen LogP) is 2.51. The van der Waals surface area contributed by atoms with Gasteiger partial charge in [0.2, 0.25) is 0 Å². The van der Waals surface area contributed by atoms with Crippen molar-refractivity contribution in [3.05, 3.63) is 34.3 Å². The molecule has 3 heteroatoms. The van der Waals surface area contributed by atoms with E-state index in [2.05, 4.69) is 17.4 Å². The first-order valence-corrected chi connectivity index (χ1v) is 5.68. The molecule has 0 atom stereocenters. The van der Waals surface area contributed by atoms with Crippen LogP contribution in [0, 0.1) is 6.92 Å². The highest BCUT2D eigenvalue weighted by molar-refractivity contribution is 6.31. The number of halogens is 1. The van der Waals surface area contributed by atoms with E-state index >= 15 is 0 Å². The Kier molecular flexibility index (Phi) is 5.69. The Morgan fingerprint density at radius 1 is 1.33 bits per heavy atom. The average Bonchev–Trinajstić information content (AvgIpc) is 2.20. The minimum Gasteiger partial charge on any atom is -0.396 e. The van der Waals surface area contributed by atoms with Crippen LogP contribution in [0.2, 0.25) is 5.02 Å². The first kappa shape index (κ1) is 12.5. The summed E-state index contributed by atoms with van der Waals surface area (Å²) in [7, 11) is 0. The molecule has 0 aromatic heterocycles. The van der Waals surface area contributed by atoms with Crippen LogP contribution in [0.1, 0.15) is 24.0 Å². The summed E-state index contributed by atoms with van der Waals surface area (Å²) in [6.07, 6.45) is 1.86. The summed E-state index contributed by atoms with van der Waals surface area (Å²) in [5.74, 6) is 0. The van der Waals surface area contributed by atoms with Gasteiger partial charge in [0, 0.05) is 18.2 Å². The smallest absolute Gasteiger partial charge is 0.0453 e. The van der Waals surface area contributed by atoms with Crippen LogP contribution in [0.4, 0.5) is 0 Å². The van der Waals surface area contributed by atoms with Crippen LogP contribution in [-0.4, -0.2) is 18.3 Å². The molecule has 0 aliphatic heterocycles. The van der Waals surface area contributed by atoms with E-state index in [1.54, 1.807) is 0 Å². The zero-order chi connectivity index (χ0) is 11.1. The Morgan fingerprint density at radius 3 is 2.80 bits per heavy atom. The summed E-state index contributed by atoms with van der Waals surface area (Å²) >= 11 is 6.09. The zero-order valence-electron chi connectivity index (χ0n) is 9.09. The highest BCUT2D eigenvalue weighted by Crippen LogP contribution is 2.17. The molecule has 15 heavy (non-hydrogen) atoms. The molecular formula is C12H18ClNO. The molecule has 0 aliphatic rings. The van der Waals surface area contributed by atoms with Crippen LogP contribution in [0.3, 0.4) is 0 Å². The Labute approximate surface area is 96.3 Å². The van der Waals surface area contributed by atoms with E-state index in [4.69, 9.17) is 16.7 Å². The van der Waals surface area contributed by atoms with E-state index < -0.39 is 0 Å². The van der Waals surface area contributed by atoms with E-state index in [1.807, 2.05) is 13.0 Å². The van der Waals surface area contributed by atoms with Crippen LogP contribution < -0.4 is 5.32 Å². The second-order valence-corrected chi connectivity index (χ2v) is 4.11. The van der Waals surface area contributed by atoms with Gasteiger partial charge in [-0.2, -0.15) is 0 Å². The Bertz CT molecular complexity index is 302. The fourth-order valence-electron chi connectivity index (χ4n) is 1.38. The third-order valence-corrected chi connectivity index (χ3v) is 2.64. The van der Waals surface area contributed by atoms with Crippen molar-refractivity contribution in [2.24, 2.45) is 0 Å². The molecule has 0 aliphatic carbocycles. The van der Waals surface area contributed by atoms with Gasteiger partial charge in [-0.15, -0.1) is 0 Å². The summed E-state index contributed by atoms with van der Waals surface area (Å²) in [6, 6.07) is 6.10. The molecule has 0 spiro atoms. The maximum absolute atomic E-state index is 8.61. The van der Waals surface area contributed by atoms with Gasteiger partial charge >= 0.3 is 0 Å². The molecule has 1 aromatic carbocycles. The lowest BCUT2D eigenvalue weighted by atomic mass is 10.1. The number of aliphatic hydroxyl groups is 1. The fourth-order valence-corrected chi connectivity index (χ4v) is 1.68. The summed E-state index contributed by atoms with van der Waals surface area (Å²) in [5, 5.41) is 12.7. The number of hydrogen-bond acceptors (Lipinski definition) is 2. The monoisotopic (exact) mass is 227 g/mol. The van der Waals surface area contributed by atoms with Gasteiger partial charge < -0.3 is 10.4 Å². The van der Waals surface area contributed by atoms with Crippen LogP contribution in [0.15, 0.2) is 18.2 Å². The molecule has 0 radical (unpaired) electrons. The molecule has 0 fully saturated rings. The highest BCUT2D eigenvalue weighted by atomic mass is 35.5. The average molecular weight is 228 g/mol. The van der Waals surface area contributed by atoms with Gasteiger partial charge in [-0.1, -0.05) is 23.7 Å². The van der Waals surface area contributed by atoms with Crippen molar-refractivity contribution in [1.82, 2.24) is 5.32 Å². The molecule has 2 N–H and O–H groups in total. The first-order chi connectivity index (χ1) is 7.24. The number of aryl methyl sites for hydroxylation is 1. The van der Waals surface area contributed by atoms with Gasteiger partial charge in [0.1, 0.15) is 0 Å². The number of unbranched alkanes of at least 4 members (excludes halogenated alkanes) is 1. The van der Waals surface area contributed by atoms with Crippen molar-refractivity contribution in [3.63, 3.8) is 0 Å². The lowest BCUT2D eigenvalue weighted by Crippen LogP contribution is -2.15. The van der Waals surface area contributed by atoms with Crippen molar-refractivity contribution >= 4 is 11.6 Å². The minimum atomic E-state index is 0.271. The van der Waals surface area contributed by atoms with Crippen LogP contribution >= 0.6 is 11.6 Å². The van der Waals surface area contributed by atoms with Crippen molar-refractivity contribution < 1.29 is 5.11 Å². The maximum atomic E-state index is 8.61. The Hall–Kier alpha value is -0.570. The fraction of sp³-hybridized carbons (Fsp3) is 0.500. The SMILES string of the molecule is Cc1ccc(CNCCCCO)c(Cl)c1. The molecule has 0 unspecified atom stereocenters. The number of rotatable bonds is 6.